The van der Waals surface area contributed by atoms with Crippen LogP contribution in [0.3, 0.4) is 0 Å². The van der Waals surface area contributed by atoms with E-state index in [0.717, 1.165) is 5.56 Å². The third-order valence-corrected chi connectivity index (χ3v) is 4.07. The Bertz CT molecular complexity index is 580. The van der Waals surface area contributed by atoms with Crippen LogP contribution in [0.2, 0.25) is 0 Å². The van der Waals surface area contributed by atoms with Gasteiger partial charge in [-0.3, -0.25) is 19.2 Å². The van der Waals surface area contributed by atoms with Crippen molar-refractivity contribution in [3.05, 3.63) is 29.8 Å². The molecule has 0 aliphatic heterocycles. The van der Waals surface area contributed by atoms with Gasteiger partial charge in [0.1, 0.15) is 6.04 Å². The van der Waals surface area contributed by atoms with Crippen molar-refractivity contribution in [1.82, 2.24) is 9.99 Å². The van der Waals surface area contributed by atoms with Crippen molar-refractivity contribution in [3.63, 3.8) is 0 Å². The summed E-state index contributed by atoms with van der Waals surface area (Å²) in [4.78, 5) is 25.0. The van der Waals surface area contributed by atoms with Gasteiger partial charge in [-0.2, -0.15) is 0 Å². The summed E-state index contributed by atoms with van der Waals surface area (Å²) in [5.41, 5.74) is 1.63. The Balaban J connectivity index is 0. The van der Waals surface area contributed by atoms with Crippen LogP contribution in [0, 0.1) is 0 Å². The number of carbonyl (C=O) groups excluding carboxylic acids is 2. The largest absolute Gasteiger partial charge is 0.468 e. The molecule has 27 heavy (non-hydrogen) atoms. The standard InChI is InChI=1S/C15H22N3O3PS.2C2H6/c1-10(19)18(15(23)16-2)12-7-5-11(6-8-12)9-13(17(3)22)14(20)21-4;2*1-2/h5-8,13H,9,22H2,1-4H3,(H,16,23);2*1-2H3/t13-;;/m0../s1. The molecular formula is C19H34N3O3PS. The average Bonchev–Trinajstić information content (AvgIpc) is 2.69. The monoisotopic (exact) mass is 415 g/mol. The zero-order valence-corrected chi connectivity index (χ0v) is 19.7. The molecule has 0 radical (unpaired) electrons. The molecule has 2 atom stereocenters. The van der Waals surface area contributed by atoms with E-state index in [1.807, 2.05) is 39.8 Å². The van der Waals surface area contributed by atoms with E-state index in [4.69, 9.17) is 17.0 Å². The van der Waals surface area contributed by atoms with Crippen molar-refractivity contribution in [2.75, 3.05) is 26.1 Å². The molecule has 154 valence electrons. The average molecular weight is 416 g/mol. The molecule has 1 N–H and O–H groups in total. The van der Waals surface area contributed by atoms with E-state index in [0.29, 0.717) is 17.2 Å². The van der Waals surface area contributed by atoms with Crippen LogP contribution >= 0.6 is 21.6 Å². The van der Waals surface area contributed by atoms with Crippen LogP contribution in [-0.4, -0.2) is 48.9 Å². The van der Waals surface area contributed by atoms with Crippen molar-refractivity contribution in [1.29, 1.82) is 0 Å². The molecule has 1 aromatic carbocycles. The zero-order valence-electron chi connectivity index (χ0n) is 17.7. The molecule has 0 heterocycles. The van der Waals surface area contributed by atoms with Crippen molar-refractivity contribution in [2.45, 2.75) is 47.1 Å². The number of nitrogens with one attached hydrogen (secondary N) is 1. The Kier molecular flexibility index (Phi) is 15.9. The highest BCUT2D eigenvalue weighted by atomic mass is 32.1. The van der Waals surface area contributed by atoms with Gasteiger partial charge in [0.2, 0.25) is 5.91 Å². The molecule has 0 saturated carbocycles. The summed E-state index contributed by atoms with van der Waals surface area (Å²) in [5.74, 6) is -0.470. The van der Waals surface area contributed by atoms with Crippen LogP contribution in [0.4, 0.5) is 5.69 Å². The summed E-state index contributed by atoms with van der Waals surface area (Å²) < 4.78 is 6.55. The number of likely N-dealkylation sites (N-methyl/N-ethyl adjacent to an activating group) is 1. The number of carbonyl (C=O) groups is 2. The molecule has 0 spiro atoms. The van der Waals surface area contributed by atoms with Gasteiger partial charge in [0.05, 0.1) is 12.8 Å². The maximum atomic E-state index is 11.8. The number of benzene rings is 1. The van der Waals surface area contributed by atoms with Crippen LogP contribution < -0.4 is 10.2 Å². The third kappa shape index (κ3) is 9.27. The van der Waals surface area contributed by atoms with Gasteiger partial charge < -0.3 is 10.1 Å². The number of esters is 1. The molecule has 0 aliphatic rings. The highest BCUT2D eigenvalue weighted by Crippen LogP contribution is 2.19. The molecule has 8 heteroatoms. The highest BCUT2D eigenvalue weighted by molar-refractivity contribution is 7.80. The van der Waals surface area contributed by atoms with Gasteiger partial charge in [0, 0.05) is 14.0 Å². The Labute approximate surface area is 171 Å². The van der Waals surface area contributed by atoms with E-state index in [-0.39, 0.29) is 11.9 Å². The van der Waals surface area contributed by atoms with Crippen molar-refractivity contribution >= 4 is 44.3 Å². The molecule has 1 aromatic rings. The van der Waals surface area contributed by atoms with E-state index in [1.54, 1.807) is 30.9 Å². The molecule has 0 saturated heterocycles. The molecule has 0 aliphatic carbocycles. The molecule has 0 fully saturated rings. The fraction of sp³-hybridized carbons (Fsp3) is 0.526. The van der Waals surface area contributed by atoms with Crippen LogP contribution in [0.1, 0.15) is 40.2 Å². The highest BCUT2D eigenvalue weighted by Gasteiger charge is 2.22. The van der Waals surface area contributed by atoms with Crippen LogP contribution in [0.15, 0.2) is 24.3 Å². The first kappa shape index (κ1) is 27.7. The smallest absolute Gasteiger partial charge is 0.323 e. The zero-order chi connectivity index (χ0) is 21.6. The molecule has 0 bridgehead atoms. The lowest BCUT2D eigenvalue weighted by atomic mass is 10.1. The second kappa shape index (κ2) is 15.5. The number of anilines is 1. The van der Waals surface area contributed by atoms with E-state index < -0.39 is 6.04 Å². The number of ether oxygens (including phenoxy) is 1. The Morgan fingerprint density at radius 2 is 1.67 bits per heavy atom. The lowest BCUT2D eigenvalue weighted by molar-refractivity contribution is -0.144. The summed E-state index contributed by atoms with van der Waals surface area (Å²) in [6, 6.07) is 6.95. The maximum Gasteiger partial charge on any atom is 0.323 e. The third-order valence-electron chi connectivity index (χ3n) is 3.32. The van der Waals surface area contributed by atoms with Gasteiger partial charge in [0.25, 0.3) is 0 Å². The molecular weight excluding hydrogens is 381 g/mol. The summed E-state index contributed by atoms with van der Waals surface area (Å²) in [6.07, 6.45) is 0.503. The number of thiocarbonyl (C=S) groups is 1. The molecule has 6 nitrogen and oxygen atoms in total. The van der Waals surface area contributed by atoms with Crippen LogP contribution in [0.25, 0.3) is 0 Å². The topological polar surface area (TPSA) is 61.9 Å². The minimum absolute atomic E-state index is 0.172. The van der Waals surface area contributed by atoms with Gasteiger partial charge in [-0.1, -0.05) is 49.2 Å². The van der Waals surface area contributed by atoms with Gasteiger partial charge >= 0.3 is 5.97 Å². The van der Waals surface area contributed by atoms with Gasteiger partial charge in [-0.25, -0.2) is 0 Å². The molecule has 1 rings (SSSR count). The van der Waals surface area contributed by atoms with Gasteiger partial charge in [0.15, 0.2) is 5.11 Å². The van der Waals surface area contributed by atoms with E-state index >= 15 is 0 Å². The Morgan fingerprint density at radius 3 is 2.00 bits per heavy atom. The predicted octanol–water partition coefficient (Wildman–Crippen LogP) is 3.40. The lowest BCUT2D eigenvalue weighted by Crippen LogP contribution is -2.41. The van der Waals surface area contributed by atoms with E-state index in [1.165, 1.54) is 18.9 Å². The SMILES string of the molecule is CC.CC.CNC(=S)N(C(C)=O)c1ccc(C[C@@H](C(=O)OC)N(C)P)cc1. The fourth-order valence-electron chi connectivity index (χ4n) is 2.09. The minimum Gasteiger partial charge on any atom is -0.468 e. The number of nitrogens with zero attached hydrogens (tertiary/aromatic N) is 2. The lowest BCUT2D eigenvalue weighted by Gasteiger charge is -2.23. The van der Waals surface area contributed by atoms with Crippen molar-refractivity contribution < 1.29 is 14.3 Å². The van der Waals surface area contributed by atoms with Gasteiger partial charge in [-0.15, -0.1) is 0 Å². The number of amides is 1. The number of hydrogen-bond acceptors (Lipinski definition) is 5. The molecule has 1 unspecified atom stereocenters. The molecule has 0 aromatic heterocycles. The predicted molar refractivity (Wildman–Crippen MR) is 121 cm³/mol. The summed E-state index contributed by atoms with van der Waals surface area (Å²) >= 11 is 5.15. The Morgan fingerprint density at radius 1 is 1.19 bits per heavy atom. The second-order valence-electron chi connectivity index (χ2n) is 4.98. The first-order valence-electron chi connectivity index (χ1n) is 8.98. The first-order chi connectivity index (χ1) is 12.8. The van der Waals surface area contributed by atoms with E-state index in [9.17, 15) is 9.59 Å². The first-order valence-corrected chi connectivity index (χ1v) is 9.91. The Hall–Kier alpha value is -1.56. The van der Waals surface area contributed by atoms with Crippen molar-refractivity contribution in [3.8, 4) is 0 Å². The minimum atomic E-state index is -0.391. The number of rotatable bonds is 5. The number of methoxy groups -OCH3 is 1. The second-order valence-corrected chi connectivity index (χ2v) is 6.19. The van der Waals surface area contributed by atoms with Crippen molar-refractivity contribution in [2.24, 2.45) is 0 Å². The van der Waals surface area contributed by atoms with Crippen LogP contribution in [0.5, 0.6) is 0 Å². The van der Waals surface area contributed by atoms with Gasteiger partial charge in [-0.05, 0) is 43.4 Å². The number of hydrogen-bond donors (Lipinski definition) is 1. The normalized spacial score (nSPS) is 10.4. The summed E-state index contributed by atoms with van der Waals surface area (Å²) in [7, 11) is 7.31. The summed E-state index contributed by atoms with van der Waals surface area (Å²) in [5, 5.41) is 3.13. The fourth-order valence-corrected chi connectivity index (χ4v) is 2.55. The van der Waals surface area contributed by atoms with Crippen LogP contribution in [-0.2, 0) is 20.7 Å². The summed E-state index contributed by atoms with van der Waals surface area (Å²) in [6.45, 7) is 9.45. The maximum absolute atomic E-state index is 11.8. The quantitative estimate of drug-likeness (QED) is 0.452. The molecule has 1 amide bonds. The van der Waals surface area contributed by atoms with E-state index in [2.05, 4.69) is 14.7 Å².